The van der Waals surface area contributed by atoms with Gasteiger partial charge in [-0.05, 0) is 18.3 Å². The fourth-order valence-electron chi connectivity index (χ4n) is 0.808. The molecule has 0 aromatic rings. The van der Waals surface area contributed by atoms with Crippen LogP contribution in [-0.2, 0) is 9.59 Å². The van der Waals surface area contributed by atoms with Gasteiger partial charge in [-0.2, -0.15) is 0 Å². The third-order valence-corrected chi connectivity index (χ3v) is 1.91. The smallest absolute Gasteiger partial charge is 0.306 e. The highest BCUT2D eigenvalue weighted by atomic mass is 16.4. The number of rotatable bonds is 5. The summed E-state index contributed by atoms with van der Waals surface area (Å²) < 4.78 is 0. The fourth-order valence-corrected chi connectivity index (χ4v) is 0.808. The van der Waals surface area contributed by atoms with E-state index in [1.165, 1.54) is 0 Å². The van der Waals surface area contributed by atoms with Gasteiger partial charge in [0.15, 0.2) is 0 Å². The first kappa shape index (κ1) is 23.0. The van der Waals surface area contributed by atoms with Crippen LogP contribution in [0.3, 0.4) is 0 Å². The van der Waals surface area contributed by atoms with Gasteiger partial charge in [0.2, 0.25) is 0 Å². The second kappa shape index (κ2) is 15.0. The standard InChI is InChI=1S/C7H14O2.C4H10O.C3H6O2/c1-5(2)4-6(3)7(8)9;1-4(2)3-5;1-2-3(4)5/h5-6H,4H2,1-3H3,(H,8,9);4-5H,3H2,1-2H3;2H2,1H3,(H,4,5). The van der Waals surface area contributed by atoms with Crippen molar-refractivity contribution in [3.63, 3.8) is 0 Å². The lowest BCUT2D eigenvalue weighted by Gasteiger charge is -2.07. The Bertz CT molecular complexity index is 224. The Morgan fingerprint density at radius 3 is 1.32 bits per heavy atom. The van der Waals surface area contributed by atoms with Crippen molar-refractivity contribution in [1.29, 1.82) is 0 Å². The van der Waals surface area contributed by atoms with Crippen LogP contribution < -0.4 is 0 Å². The highest BCUT2D eigenvalue weighted by Crippen LogP contribution is 2.09. The number of aliphatic hydroxyl groups is 1. The highest BCUT2D eigenvalue weighted by Gasteiger charge is 2.11. The van der Waals surface area contributed by atoms with Crippen LogP contribution in [0.15, 0.2) is 0 Å². The second-order valence-corrected chi connectivity index (χ2v) is 5.19. The van der Waals surface area contributed by atoms with Crippen molar-refractivity contribution in [2.75, 3.05) is 6.61 Å². The lowest BCUT2D eigenvalue weighted by molar-refractivity contribution is -0.141. The van der Waals surface area contributed by atoms with Crippen molar-refractivity contribution < 1.29 is 24.9 Å². The van der Waals surface area contributed by atoms with Gasteiger partial charge in [-0.15, -0.1) is 0 Å². The zero-order valence-corrected chi connectivity index (χ0v) is 13.0. The van der Waals surface area contributed by atoms with Crippen molar-refractivity contribution >= 4 is 11.9 Å². The Hall–Kier alpha value is -1.10. The normalized spacial score (nSPS) is 11.0. The maximum atomic E-state index is 10.2. The van der Waals surface area contributed by atoms with E-state index in [1.807, 2.05) is 27.7 Å². The molecule has 1 unspecified atom stereocenters. The average molecular weight is 278 g/mol. The Morgan fingerprint density at radius 2 is 1.26 bits per heavy atom. The molecule has 0 aliphatic carbocycles. The quantitative estimate of drug-likeness (QED) is 0.718. The molecule has 116 valence electrons. The molecular formula is C14H30O5. The summed E-state index contributed by atoms with van der Waals surface area (Å²) in [6.45, 7) is 11.6. The minimum absolute atomic E-state index is 0.190. The number of hydrogen-bond donors (Lipinski definition) is 3. The van der Waals surface area contributed by atoms with Crippen molar-refractivity contribution in [2.45, 2.75) is 54.4 Å². The summed E-state index contributed by atoms with van der Waals surface area (Å²) in [4.78, 5) is 19.6. The average Bonchev–Trinajstić information content (AvgIpc) is 2.29. The van der Waals surface area contributed by atoms with E-state index in [9.17, 15) is 9.59 Å². The van der Waals surface area contributed by atoms with Crippen molar-refractivity contribution in [2.24, 2.45) is 17.8 Å². The first-order valence-corrected chi connectivity index (χ1v) is 6.63. The van der Waals surface area contributed by atoms with E-state index in [-0.39, 0.29) is 12.3 Å². The van der Waals surface area contributed by atoms with Crippen LogP contribution in [0.5, 0.6) is 0 Å². The zero-order chi connectivity index (χ0) is 16.0. The highest BCUT2D eigenvalue weighted by molar-refractivity contribution is 5.69. The molecule has 0 aliphatic heterocycles. The van der Waals surface area contributed by atoms with Crippen molar-refractivity contribution in [1.82, 2.24) is 0 Å². The lowest BCUT2D eigenvalue weighted by Crippen LogP contribution is -2.11. The predicted molar refractivity (Wildman–Crippen MR) is 76.1 cm³/mol. The first-order chi connectivity index (χ1) is 8.58. The molecule has 5 heteroatoms. The molecule has 3 N–H and O–H groups in total. The van der Waals surface area contributed by atoms with E-state index in [2.05, 4.69) is 0 Å². The summed E-state index contributed by atoms with van der Waals surface area (Å²) in [5.74, 6) is -0.704. The summed E-state index contributed by atoms with van der Waals surface area (Å²) >= 11 is 0. The van der Waals surface area contributed by atoms with Gasteiger partial charge in [-0.25, -0.2) is 0 Å². The van der Waals surface area contributed by atoms with Crippen LogP contribution in [0.1, 0.15) is 54.4 Å². The van der Waals surface area contributed by atoms with Gasteiger partial charge in [-0.3, -0.25) is 9.59 Å². The Balaban J connectivity index is -0.000000219. The molecule has 0 saturated heterocycles. The van der Waals surface area contributed by atoms with Gasteiger partial charge < -0.3 is 15.3 Å². The molecule has 0 bridgehead atoms. The summed E-state index contributed by atoms with van der Waals surface area (Å²) in [6.07, 6.45) is 0.995. The summed E-state index contributed by atoms with van der Waals surface area (Å²) in [6, 6.07) is 0. The minimum atomic E-state index is -0.745. The van der Waals surface area contributed by atoms with Gasteiger partial charge in [0, 0.05) is 13.0 Å². The van der Waals surface area contributed by atoms with Gasteiger partial charge >= 0.3 is 11.9 Å². The van der Waals surface area contributed by atoms with Crippen molar-refractivity contribution in [3.05, 3.63) is 0 Å². The first-order valence-electron chi connectivity index (χ1n) is 6.63. The van der Waals surface area contributed by atoms with Crippen LogP contribution in [0.25, 0.3) is 0 Å². The molecule has 0 rings (SSSR count). The van der Waals surface area contributed by atoms with Gasteiger partial charge in [0.25, 0.3) is 0 Å². The fraction of sp³-hybridized carbons (Fsp3) is 0.857. The van der Waals surface area contributed by atoms with Gasteiger partial charge in [-0.1, -0.05) is 41.5 Å². The molecule has 0 spiro atoms. The predicted octanol–water partition coefficient (Wildman–Crippen LogP) is 2.87. The van der Waals surface area contributed by atoms with E-state index in [0.717, 1.165) is 6.42 Å². The topological polar surface area (TPSA) is 94.8 Å². The molecule has 0 aliphatic rings. The number of carboxylic acids is 2. The third-order valence-electron chi connectivity index (χ3n) is 1.91. The molecule has 0 fully saturated rings. The maximum absolute atomic E-state index is 10.2. The Morgan fingerprint density at radius 1 is 0.947 bits per heavy atom. The molecule has 1 atom stereocenters. The summed E-state index contributed by atoms with van der Waals surface area (Å²) in [5.41, 5.74) is 0. The summed E-state index contributed by atoms with van der Waals surface area (Å²) in [5, 5.41) is 24.3. The number of aliphatic carboxylic acids is 2. The van der Waals surface area contributed by atoms with E-state index in [4.69, 9.17) is 15.3 Å². The number of carboxylic acid groups (broad SMARTS) is 2. The van der Waals surface area contributed by atoms with Crippen LogP contribution in [0, 0.1) is 17.8 Å². The SMILES string of the molecule is CC(C)CC(C)C(=O)O.CC(C)CO.CCC(=O)O. The van der Waals surface area contributed by atoms with Crippen molar-refractivity contribution in [3.8, 4) is 0 Å². The molecule has 0 amide bonds. The van der Waals surface area contributed by atoms with E-state index >= 15 is 0 Å². The molecule has 0 saturated carbocycles. The number of aliphatic hydroxyl groups excluding tert-OH is 1. The Kier molecular flexibility index (Phi) is 18.1. The number of carbonyl (C=O) groups is 2. The number of hydrogen-bond acceptors (Lipinski definition) is 3. The molecule has 0 aromatic heterocycles. The summed E-state index contributed by atoms with van der Waals surface area (Å²) in [7, 11) is 0. The van der Waals surface area contributed by atoms with Gasteiger partial charge in [0.05, 0.1) is 5.92 Å². The van der Waals surface area contributed by atoms with E-state index in [1.54, 1.807) is 13.8 Å². The van der Waals surface area contributed by atoms with Crippen LogP contribution in [-0.4, -0.2) is 33.9 Å². The van der Waals surface area contributed by atoms with E-state index in [0.29, 0.717) is 18.4 Å². The maximum Gasteiger partial charge on any atom is 0.306 e. The van der Waals surface area contributed by atoms with Crippen LogP contribution in [0.4, 0.5) is 0 Å². The lowest BCUT2D eigenvalue weighted by atomic mass is 9.99. The van der Waals surface area contributed by atoms with Crippen LogP contribution in [0.2, 0.25) is 0 Å². The molecular weight excluding hydrogens is 248 g/mol. The molecule has 0 aromatic carbocycles. The molecule has 0 heterocycles. The third kappa shape index (κ3) is 31.6. The molecule has 5 nitrogen and oxygen atoms in total. The minimum Gasteiger partial charge on any atom is -0.481 e. The largest absolute Gasteiger partial charge is 0.481 e. The Labute approximate surface area is 116 Å². The van der Waals surface area contributed by atoms with Crippen LogP contribution >= 0.6 is 0 Å². The van der Waals surface area contributed by atoms with E-state index < -0.39 is 11.9 Å². The zero-order valence-electron chi connectivity index (χ0n) is 13.0. The second-order valence-electron chi connectivity index (χ2n) is 5.19. The molecule has 19 heavy (non-hydrogen) atoms. The monoisotopic (exact) mass is 278 g/mol. The van der Waals surface area contributed by atoms with Gasteiger partial charge in [0.1, 0.15) is 0 Å². The molecule has 0 radical (unpaired) electrons.